The third kappa shape index (κ3) is 3.39. The normalized spacial score (nSPS) is 18.0. The highest BCUT2D eigenvalue weighted by molar-refractivity contribution is 5.91. The SMILES string of the molecule is C[C@@H](O)CC(=O)Nc1nc2ccc(C(C)(C)O)nc2n1C1(C)CCC1. The van der Waals surface area contributed by atoms with Gasteiger partial charge in [-0.2, -0.15) is 0 Å². The molecule has 2 heterocycles. The van der Waals surface area contributed by atoms with Gasteiger partial charge in [0.2, 0.25) is 11.9 Å². The highest BCUT2D eigenvalue weighted by Gasteiger charge is 2.38. The summed E-state index contributed by atoms with van der Waals surface area (Å²) in [4.78, 5) is 21.3. The van der Waals surface area contributed by atoms with Crippen molar-refractivity contribution in [3.63, 3.8) is 0 Å². The first-order chi connectivity index (χ1) is 11.6. The third-order valence-corrected chi connectivity index (χ3v) is 4.83. The van der Waals surface area contributed by atoms with Crippen molar-refractivity contribution in [1.82, 2.24) is 14.5 Å². The van der Waals surface area contributed by atoms with Crippen LogP contribution in [0.25, 0.3) is 11.2 Å². The Hall–Kier alpha value is -1.99. The van der Waals surface area contributed by atoms with Crippen LogP contribution in [0.1, 0.15) is 59.1 Å². The lowest BCUT2D eigenvalue weighted by atomic mass is 9.78. The van der Waals surface area contributed by atoms with Crippen molar-refractivity contribution in [2.75, 3.05) is 5.32 Å². The number of aromatic nitrogens is 3. The Balaban J connectivity index is 2.10. The molecule has 1 saturated carbocycles. The largest absolute Gasteiger partial charge is 0.393 e. The van der Waals surface area contributed by atoms with Gasteiger partial charge in [0.05, 0.1) is 18.2 Å². The van der Waals surface area contributed by atoms with Crippen molar-refractivity contribution in [2.45, 2.75) is 70.6 Å². The molecular formula is C18H26N4O3. The summed E-state index contributed by atoms with van der Waals surface area (Å²) >= 11 is 0. The topological polar surface area (TPSA) is 100 Å². The van der Waals surface area contributed by atoms with Gasteiger partial charge in [0, 0.05) is 5.54 Å². The molecule has 7 nitrogen and oxygen atoms in total. The van der Waals surface area contributed by atoms with Crippen molar-refractivity contribution in [2.24, 2.45) is 0 Å². The number of nitrogens with zero attached hydrogens (tertiary/aromatic N) is 3. The van der Waals surface area contributed by atoms with Gasteiger partial charge in [0.15, 0.2) is 5.65 Å². The van der Waals surface area contributed by atoms with Crippen LogP contribution in [-0.4, -0.2) is 36.8 Å². The smallest absolute Gasteiger partial charge is 0.229 e. The van der Waals surface area contributed by atoms with Crippen molar-refractivity contribution >= 4 is 23.0 Å². The standard InChI is InChI=1S/C18H26N4O3/c1-11(23)10-14(24)21-16-19-12-6-7-13(17(2,3)25)20-15(12)22(16)18(4)8-5-9-18/h6-7,11,23,25H,5,8-10H2,1-4H3,(H,19,21,24)/t11-/m1/s1. The molecule has 0 saturated heterocycles. The van der Waals surface area contributed by atoms with E-state index in [0.717, 1.165) is 19.3 Å². The third-order valence-electron chi connectivity index (χ3n) is 4.83. The molecular weight excluding hydrogens is 320 g/mol. The number of anilines is 1. The van der Waals surface area contributed by atoms with Gasteiger partial charge < -0.3 is 10.2 Å². The van der Waals surface area contributed by atoms with E-state index < -0.39 is 11.7 Å². The van der Waals surface area contributed by atoms with E-state index in [-0.39, 0.29) is 17.9 Å². The summed E-state index contributed by atoms with van der Waals surface area (Å²) in [6.45, 7) is 7.09. The van der Waals surface area contributed by atoms with Gasteiger partial charge in [-0.1, -0.05) is 0 Å². The number of aliphatic hydroxyl groups is 2. The molecule has 0 bridgehead atoms. The minimum absolute atomic E-state index is 0.0161. The summed E-state index contributed by atoms with van der Waals surface area (Å²) in [6.07, 6.45) is 2.38. The molecule has 0 aromatic carbocycles. The zero-order valence-corrected chi connectivity index (χ0v) is 15.2. The number of hydrogen-bond donors (Lipinski definition) is 3. The first-order valence-corrected chi connectivity index (χ1v) is 8.71. The van der Waals surface area contributed by atoms with Gasteiger partial charge in [-0.15, -0.1) is 0 Å². The number of aliphatic hydroxyl groups excluding tert-OH is 1. The van der Waals surface area contributed by atoms with Crippen molar-refractivity contribution in [3.8, 4) is 0 Å². The lowest BCUT2D eigenvalue weighted by Gasteiger charge is -2.40. The fourth-order valence-corrected chi connectivity index (χ4v) is 3.25. The minimum Gasteiger partial charge on any atom is -0.393 e. The molecule has 3 rings (SSSR count). The highest BCUT2D eigenvalue weighted by atomic mass is 16.3. The number of carbonyl (C=O) groups excluding carboxylic acids is 1. The maximum atomic E-state index is 12.1. The number of amides is 1. The molecule has 7 heteroatoms. The molecule has 0 radical (unpaired) electrons. The molecule has 2 aromatic heterocycles. The molecule has 0 unspecified atom stereocenters. The second-order valence-corrected chi connectivity index (χ2v) is 7.82. The van der Waals surface area contributed by atoms with E-state index in [1.165, 1.54) is 0 Å². The average Bonchev–Trinajstić information content (AvgIpc) is 2.79. The number of imidazole rings is 1. The molecule has 1 fully saturated rings. The van der Waals surface area contributed by atoms with Gasteiger partial charge in [-0.25, -0.2) is 9.97 Å². The summed E-state index contributed by atoms with van der Waals surface area (Å²) in [5, 5.41) is 22.5. The number of fused-ring (bicyclic) bond motifs is 1. The fourth-order valence-electron chi connectivity index (χ4n) is 3.25. The van der Waals surface area contributed by atoms with E-state index >= 15 is 0 Å². The molecule has 25 heavy (non-hydrogen) atoms. The van der Waals surface area contributed by atoms with E-state index in [1.54, 1.807) is 26.8 Å². The van der Waals surface area contributed by atoms with Gasteiger partial charge in [-0.3, -0.25) is 14.7 Å². The maximum absolute atomic E-state index is 12.1. The fraction of sp³-hybridized carbons (Fsp3) is 0.611. The summed E-state index contributed by atoms with van der Waals surface area (Å²) in [7, 11) is 0. The Morgan fingerprint density at radius 3 is 2.60 bits per heavy atom. The van der Waals surface area contributed by atoms with E-state index in [9.17, 15) is 15.0 Å². The maximum Gasteiger partial charge on any atom is 0.229 e. The Labute approximate surface area is 147 Å². The van der Waals surface area contributed by atoms with Gasteiger partial charge in [0.25, 0.3) is 0 Å². The van der Waals surface area contributed by atoms with Crippen LogP contribution >= 0.6 is 0 Å². The Kier molecular flexibility index (Phi) is 4.33. The summed E-state index contributed by atoms with van der Waals surface area (Å²) in [6, 6.07) is 3.57. The molecule has 0 spiro atoms. The number of nitrogens with one attached hydrogen (secondary N) is 1. The molecule has 1 amide bonds. The molecule has 1 aliphatic rings. The second-order valence-electron chi connectivity index (χ2n) is 7.82. The number of rotatable bonds is 5. The zero-order chi connectivity index (χ0) is 18.4. The lowest BCUT2D eigenvalue weighted by molar-refractivity contribution is -0.117. The molecule has 1 aliphatic carbocycles. The van der Waals surface area contributed by atoms with Crippen LogP contribution in [0.3, 0.4) is 0 Å². The second kappa shape index (κ2) is 6.07. The summed E-state index contributed by atoms with van der Waals surface area (Å²) < 4.78 is 1.97. The highest BCUT2D eigenvalue weighted by Crippen LogP contribution is 2.42. The first-order valence-electron chi connectivity index (χ1n) is 8.71. The molecule has 136 valence electrons. The zero-order valence-electron chi connectivity index (χ0n) is 15.2. The molecule has 0 aliphatic heterocycles. The van der Waals surface area contributed by atoms with Crippen LogP contribution < -0.4 is 5.32 Å². The van der Waals surface area contributed by atoms with Crippen LogP contribution in [0.2, 0.25) is 0 Å². The first kappa shape index (κ1) is 17.8. The quantitative estimate of drug-likeness (QED) is 0.771. The summed E-state index contributed by atoms with van der Waals surface area (Å²) in [5.41, 5.74) is 0.682. The van der Waals surface area contributed by atoms with Crippen LogP contribution in [0, 0.1) is 0 Å². The number of hydrogen-bond acceptors (Lipinski definition) is 5. The lowest BCUT2D eigenvalue weighted by Crippen LogP contribution is -2.38. The molecule has 1 atom stereocenters. The van der Waals surface area contributed by atoms with Crippen molar-refractivity contribution in [1.29, 1.82) is 0 Å². The Bertz CT molecular complexity index is 800. The molecule has 2 aromatic rings. The number of carbonyl (C=O) groups is 1. The minimum atomic E-state index is -1.06. The molecule has 3 N–H and O–H groups in total. The van der Waals surface area contributed by atoms with E-state index in [1.807, 2.05) is 10.6 Å². The Morgan fingerprint density at radius 1 is 1.40 bits per heavy atom. The van der Waals surface area contributed by atoms with Crippen LogP contribution in [0.15, 0.2) is 12.1 Å². The van der Waals surface area contributed by atoms with Gasteiger partial charge in [0.1, 0.15) is 11.1 Å². The predicted molar refractivity (Wildman–Crippen MR) is 95.2 cm³/mol. The van der Waals surface area contributed by atoms with Crippen molar-refractivity contribution in [3.05, 3.63) is 17.8 Å². The van der Waals surface area contributed by atoms with Crippen molar-refractivity contribution < 1.29 is 15.0 Å². The predicted octanol–water partition coefficient (Wildman–Crippen LogP) is 2.27. The van der Waals surface area contributed by atoms with E-state index in [0.29, 0.717) is 22.8 Å². The van der Waals surface area contributed by atoms with E-state index in [2.05, 4.69) is 22.2 Å². The van der Waals surface area contributed by atoms with Crippen LogP contribution in [0.4, 0.5) is 5.95 Å². The van der Waals surface area contributed by atoms with Gasteiger partial charge >= 0.3 is 0 Å². The van der Waals surface area contributed by atoms with Gasteiger partial charge in [-0.05, 0) is 59.1 Å². The number of pyridine rings is 1. The Morgan fingerprint density at radius 2 is 2.08 bits per heavy atom. The van der Waals surface area contributed by atoms with Crippen LogP contribution in [0.5, 0.6) is 0 Å². The van der Waals surface area contributed by atoms with Crippen LogP contribution in [-0.2, 0) is 15.9 Å². The summed E-state index contributed by atoms with van der Waals surface area (Å²) in [5.74, 6) is 0.167. The average molecular weight is 346 g/mol. The van der Waals surface area contributed by atoms with E-state index in [4.69, 9.17) is 0 Å². The monoisotopic (exact) mass is 346 g/mol.